The largest absolute Gasteiger partial charge is 0.0670 e. The highest BCUT2D eigenvalue weighted by Gasteiger charge is 2.42. The molecule has 0 bridgehead atoms. The first kappa shape index (κ1) is 20.4. The molecule has 0 nitrogen and oxygen atoms in total. The highest BCUT2D eigenvalue weighted by atomic mass is 14.4. The van der Waals surface area contributed by atoms with Crippen molar-refractivity contribution < 1.29 is 0 Å². The van der Waals surface area contributed by atoms with Crippen molar-refractivity contribution in [1.82, 2.24) is 0 Å². The molecule has 0 amide bonds. The summed E-state index contributed by atoms with van der Waals surface area (Å²) in [7, 11) is 0. The molecular formula is C30H32. The smallest absolute Gasteiger partial charge is 0.0660 e. The van der Waals surface area contributed by atoms with Crippen LogP contribution in [0.15, 0.2) is 95.1 Å². The highest BCUT2D eigenvalue weighted by Crippen LogP contribution is 2.52. The lowest BCUT2D eigenvalue weighted by Gasteiger charge is -2.39. The standard InChI is InChI=1S/C30H32/c1-20-10-7-13-26(16-20)30(27-14-8-11-21(2)17-27,28-15-9-12-22(3)18-28)29-19-23(4)24(5)25(29)6/h7-18H,19H2,1-6H3. The molecule has 3 aromatic rings. The Hall–Kier alpha value is -2.86. The summed E-state index contributed by atoms with van der Waals surface area (Å²) in [5.41, 5.74) is 13.6. The fourth-order valence-electron chi connectivity index (χ4n) is 5.15. The van der Waals surface area contributed by atoms with Gasteiger partial charge in [0.05, 0.1) is 5.41 Å². The van der Waals surface area contributed by atoms with E-state index < -0.39 is 0 Å². The van der Waals surface area contributed by atoms with Crippen LogP contribution in [-0.4, -0.2) is 0 Å². The van der Waals surface area contributed by atoms with E-state index in [1.54, 1.807) is 0 Å². The van der Waals surface area contributed by atoms with Gasteiger partial charge in [-0.15, -0.1) is 0 Å². The zero-order chi connectivity index (χ0) is 21.5. The molecule has 1 aliphatic rings. The summed E-state index contributed by atoms with van der Waals surface area (Å²) in [5, 5.41) is 0. The van der Waals surface area contributed by atoms with Crippen molar-refractivity contribution in [3.8, 4) is 0 Å². The molecule has 3 aromatic carbocycles. The average Bonchev–Trinajstić information content (AvgIpc) is 2.97. The summed E-state index contributed by atoms with van der Waals surface area (Å²) in [6, 6.07) is 27.3. The van der Waals surface area contributed by atoms with Crippen LogP contribution in [0.1, 0.15) is 60.6 Å². The number of benzene rings is 3. The van der Waals surface area contributed by atoms with E-state index in [0.29, 0.717) is 0 Å². The lowest BCUT2D eigenvalue weighted by molar-refractivity contribution is 0.697. The summed E-state index contributed by atoms with van der Waals surface area (Å²) in [4.78, 5) is 0. The van der Waals surface area contributed by atoms with Gasteiger partial charge in [-0.25, -0.2) is 0 Å². The Labute approximate surface area is 182 Å². The van der Waals surface area contributed by atoms with Gasteiger partial charge in [0.1, 0.15) is 0 Å². The molecule has 0 heterocycles. The Balaban J connectivity index is 2.17. The van der Waals surface area contributed by atoms with Crippen LogP contribution in [0.25, 0.3) is 0 Å². The zero-order valence-electron chi connectivity index (χ0n) is 19.1. The minimum absolute atomic E-state index is 0.298. The molecule has 30 heavy (non-hydrogen) atoms. The van der Waals surface area contributed by atoms with Gasteiger partial charge in [-0.2, -0.15) is 0 Å². The number of hydrogen-bond acceptors (Lipinski definition) is 0. The molecule has 0 spiro atoms. The third-order valence-electron chi connectivity index (χ3n) is 6.90. The molecule has 1 aliphatic carbocycles. The highest BCUT2D eigenvalue weighted by molar-refractivity contribution is 5.65. The number of aryl methyl sites for hydroxylation is 3. The Kier molecular flexibility index (Phi) is 5.28. The maximum atomic E-state index is 2.38. The molecule has 152 valence electrons. The molecule has 4 rings (SSSR count). The second kappa shape index (κ2) is 7.76. The summed E-state index contributed by atoms with van der Waals surface area (Å²) in [6.45, 7) is 13.5. The maximum Gasteiger partial charge on any atom is 0.0670 e. The Morgan fingerprint density at radius 1 is 0.533 bits per heavy atom. The minimum atomic E-state index is -0.298. The topological polar surface area (TPSA) is 0 Å². The maximum absolute atomic E-state index is 2.38. The first-order chi connectivity index (χ1) is 14.3. The summed E-state index contributed by atoms with van der Waals surface area (Å²) < 4.78 is 0. The van der Waals surface area contributed by atoms with E-state index in [2.05, 4.69) is 114 Å². The molecule has 0 atom stereocenters. The second-order valence-electron chi connectivity index (χ2n) is 9.04. The van der Waals surface area contributed by atoms with E-state index in [-0.39, 0.29) is 5.41 Å². The normalized spacial score (nSPS) is 14.6. The molecule has 0 unspecified atom stereocenters. The molecule has 0 aliphatic heterocycles. The fourth-order valence-corrected chi connectivity index (χ4v) is 5.15. The van der Waals surface area contributed by atoms with Crippen molar-refractivity contribution in [2.24, 2.45) is 0 Å². The fraction of sp³-hybridized carbons (Fsp3) is 0.267. The van der Waals surface area contributed by atoms with Gasteiger partial charge in [0.2, 0.25) is 0 Å². The molecule has 0 saturated carbocycles. The van der Waals surface area contributed by atoms with Gasteiger partial charge in [-0.3, -0.25) is 0 Å². The van der Waals surface area contributed by atoms with Gasteiger partial charge in [0.25, 0.3) is 0 Å². The van der Waals surface area contributed by atoms with Crippen LogP contribution in [-0.2, 0) is 5.41 Å². The summed E-state index contributed by atoms with van der Waals surface area (Å²) in [5.74, 6) is 0. The van der Waals surface area contributed by atoms with Gasteiger partial charge in [0, 0.05) is 0 Å². The lowest BCUT2D eigenvalue weighted by atomic mass is 9.62. The van der Waals surface area contributed by atoms with Crippen molar-refractivity contribution in [3.63, 3.8) is 0 Å². The third-order valence-corrected chi connectivity index (χ3v) is 6.90. The van der Waals surface area contributed by atoms with Crippen molar-refractivity contribution in [3.05, 3.63) is 128 Å². The quantitative estimate of drug-likeness (QED) is 0.394. The van der Waals surface area contributed by atoms with E-state index in [9.17, 15) is 0 Å². The predicted octanol–water partition coefficient (Wildman–Crippen LogP) is 8.00. The number of hydrogen-bond donors (Lipinski definition) is 0. The Bertz CT molecular complexity index is 1060. The molecule has 0 aromatic heterocycles. The van der Waals surface area contributed by atoms with E-state index in [0.717, 1.165) is 6.42 Å². The van der Waals surface area contributed by atoms with Crippen LogP contribution in [0.2, 0.25) is 0 Å². The van der Waals surface area contributed by atoms with E-state index in [4.69, 9.17) is 0 Å². The molecule has 0 fully saturated rings. The lowest BCUT2D eigenvalue weighted by Crippen LogP contribution is -2.32. The van der Waals surface area contributed by atoms with Crippen LogP contribution in [0.4, 0.5) is 0 Å². The third kappa shape index (κ3) is 3.25. The number of rotatable bonds is 4. The van der Waals surface area contributed by atoms with Gasteiger partial charge >= 0.3 is 0 Å². The molecule has 0 saturated heterocycles. The van der Waals surface area contributed by atoms with Crippen LogP contribution in [0.3, 0.4) is 0 Å². The van der Waals surface area contributed by atoms with Crippen molar-refractivity contribution >= 4 is 0 Å². The monoisotopic (exact) mass is 392 g/mol. The van der Waals surface area contributed by atoms with E-state index in [1.807, 2.05) is 0 Å². The van der Waals surface area contributed by atoms with Crippen molar-refractivity contribution in [2.75, 3.05) is 0 Å². The average molecular weight is 393 g/mol. The van der Waals surface area contributed by atoms with Crippen molar-refractivity contribution in [2.45, 2.75) is 53.4 Å². The Morgan fingerprint density at radius 2 is 0.933 bits per heavy atom. The zero-order valence-corrected chi connectivity index (χ0v) is 19.1. The first-order valence-corrected chi connectivity index (χ1v) is 10.9. The van der Waals surface area contributed by atoms with Crippen molar-refractivity contribution in [1.29, 1.82) is 0 Å². The minimum Gasteiger partial charge on any atom is -0.0660 e. The van der Waals surface area contributed by atoms with Gasteiger partial charge in [-0.05, 0) is 81.4 Å². The summed E-state index contributed by atoms with van der Waals surface area (Å²) in [6.07, 6.45) is 1.02. The molecule has 0 radical (unpaired) electrons. The SMILES string of the molecule is CC1=C(C)C(C)=C(C(c2cccc(C)c2)(c2cccc(C)c2)c2cccc(C)c2)C1. The van der Waals surface area contributed by atoms with Crippen LogP contribution in [0.5, 0.6) is 0 Å². The van der Waals surface area contributed by atoms with Crippen LogP contribution < -0.4 is 0 Å². The van der Waals surface area contributed by atoms with E-state index >= 15 is 0 Å². The van der Waals surface area contributed by atoms with Crippen LogP contribution >= 0.6 is 0 Å². The van der Waals surface area contributed by atoms with Gasteiger partial charge in [-0.1, -0.05) is 95.1 Å². The first-order valence-electron chi connectivity index (χ1n) is 10.9. The molecular weight excluding hydrogens is 360 g/mol. The van der Waals surface area contributed by atoms with Gasteiger partial charge in [0.15, 0.2) is 0 Å². The molecule has 0 N–H and O–H groups in total. The number of allylic oxidation sites excluding steroid dienone is 4. The molecule has 0 heteroatoms. The van der Waals surface area contributed by atoms with Gasteiger partial charge < -0.3 is 0 Å². The van der Waals surface area contributed by atoms with E-state index in [1.165, 1.54) is 55.7 Å². The van der Waals surface area contributed by atoms with Crippen LogP contribution in [0, 0.1) is 20.8 Å². The second-order valence-corrected chi connectivity index (χ2v) is 9.04. The summed E-state index contributed by atoms with van der Waals surface area (Å²) >= 11 is 0. The predicted molar refractivity (Wildman–Crippen MR) is 129 cm³/mol. The Morgan fingerprint density at radius 3 is 1.23 bits per heavy atom.